The lowest BCUT2D eigenvalue weighted by Gasteiger charge is -1.94. The summed E-state index contributed by atoms with van der Waals surface area (Å²) in [6.07, 6.45) is 1.35. The fourth-order valence-corrected chi connectivity index (χ4v) is 0.876. The van der Waals surface area contributed by atoms with Crippen LogP contribution in [-0.2, 0) is 11.2 Å². The molecule has 7 nitrogen and oxygen atoms in total. The summed E-state index contributed by atoms with van der Waals surface area (Å²) in [5.41, 5.74) is -0.911. The third-order valence-electron chi connectivity index (χ3n) is 1.37. The van der Waals surface area contributed by atoms with Crippen molar-refractivity contribution in [2.75, 3.05) is 6.61 Å². The Balaban J connectivity index is 2.44. The van der Waals surface area contributed by atoms with Gasteiger partial charge in [0.2, 0.25) is 0 Å². The van der Waals surface area contributed by atoms with Gasteiger partial charge < -0.3 is 14.9 Å². The molecule has 0 atom stereocenters. The molecule has 0 aliphatic heterocycles. The van der Waals surface area contributed by atoms with E-state index in [-0.39, 0.29) is 18.8 Å². The minimum atomic E-state index is -0.911. The number of nitrogens with zero attached hydrogens (tertiary/aromatic N) is 2. The molecule has 0 spiro atoms. The number of nitrogens with one attached hydrogen (secondary N) is 1. The Morgan fingerprint density at radius 3 is 3.00 bits per heavy atom. The number of aromatic nitrogens is 2. The highest BCUT2D eigenvalue weighted by molar-refractivity contribution is 6.61. The van der Waals surface area contributed by atoms with Crippen LogP contribution in [0.5, 0.6) is 0 Å². The molecule has 0 aliphatic carbocycles. The molecule has 0 saturated carbocycles. The summed E-state index contributed by atoms with van der Waals surface area (Å²) in [5.74, 6) is 0.173. The zero-order valence-electron chi connectivity index (χ0n) is 6.90. The maximum absolute atomic E-state index is 10.2. The Hall–Kier alpha value is -1.63. The second-order valence-electron chi connectivity index (χ2n) is 2.31. The Kier molecular flexibility index (Phi) is 3.41. The number of ether oxygens (including phenoxy) is 1. The van der Waals surface area contributed by atoms with Crippen molar-refractivity contribution in [3.8, 4) is 0 Å². The molecular formula is C6H6ClN3O4. The largest absolute Gasteiger partial charge is 0.453 e. The monoisotopic (exact) mass is 219 g/mol. The van der Waals surface area contributed by atoms with Gasteiger partial charge in [-0.15, -0.1) is 0 Å². The fourth-order valence-electron chi connectivity index (χ4n) is 0.799. The highest BCUT2D eigenvalue weighted by Gasteiger charge is 2.09. The van der Waals surface area contributed by atoms with Gasteiger partial charge in [0, 0.05) is 11.6 Å². The Morgan fingerprint density at radius 2 is 2.50 bits per heavy atom. The number of nitro groups is 1. The molecule has 0 bridgehead atoms. The van der Waals surface area contributed by atoms with Crippen LogP contribution in [0.3, 0.4) is 0 Å². The number of hydrogen-bond acceptors (Lipinski definition) is 5. The SMILES string of the molecule is O=C(Cl)OCCc1ncc([N+](=O)[O-])[nH]1. The molecule has 0 amide bonds. The van der Waals surface area contributed by atoms with Crippen LogP contribution in [0.4, 0.5) is 10.6 Å². The zero-order valence-corrected chi connectivity index (χ0v) is 7.65. The first-order chi connectivity index (χ1) is 6.59. The molecule has 0 radical (unpaired) electrons. The average molecular weight is 220 g/mol. The van der Waals surface area contributed by atoms with Crippen molar-refractivity contribution in [3.63, 3.8) is 0 Å². The van der Waals surface area contributed by atoms with Crippen LogP contribution in [0.1, 0.15) is 5.82 Å². The van der Waals surface area contributed by atoms with Crippen LogP contribution in [-0.4, -0.2) is 26.9 Å². The van der Waals surface area contributed by atoms with Crippen LogP contribution in [0.25, 0.3) is 0 Å². The summed E-state index contributed by atoms with van der Waals surface area (Å²) >= 11 is 4.90. The quantitative estimate of drug-likeness (QED) is 0.467. The molecule has 76 valence electrons. The topological polar surface area (TPSA) is 98.1 Å². The summed E-state index contributed by atoms with van der Waals surface area (Å²) in [6, 6.07) is 0. The summed E-state index contributed by atoms with van der Waals surface area (Å²) in [5, 5.41) is 10.2. The van der Waals surface area contributed by atoms with Crippen molar-refractivity contribution in [1.82, 2.24) is 9.97 Å². The van der Waals surface area contributed by atoms with E-state index in [1.165, 1.54) is 0 Å². The molecule has 0 unspecified atom stereocenters. The van der Waals surface area contributed by atoms with E-state index in [1.54, 1.807) is 0 Å². The molecule has 14 heavy (non-hydrogen) atoms. The zero-order chi connectivity index (χ0) is 10.6. The first-order valence-corrected chi connectivity index (χ1v) is 3.98. The van der Waals surface area contributed by atoms with Crippen molar-refractivity contribution in [3.05, 3.63) is 22.1 Å². The van der Waals surface area contributed by atoms with E-state index in [0.29, 0.717) is 5.82 Å². The maximum Gasteiger partial charge on any atom is 0.403 e. The molecule has 1 rings (SSSR count). The van der Waals surface area contributed by atoms with Gasteiger partial charge in [-0.2, -0.15) is 0 Å². The smallest absolute Gasteiger partial charge is 0.403 e. The number of hydrogen-bond donors (Lipinski definition) is 1. The van der Waals surface area contributed by atoms with Gasteiger partial charge in [-0.05, 0) is 4.92 Å². The summed E-state index contributed by atoms with van der Waals surface area (Å²) in [7, 11) is 0. The average Bonchev–Trinajstić information content (AvgIpc) is 2.52. The van der Waals surface area contributed by atoms with Gasteiger partial charge in [0.1, 0.15) is 12.8 Å². The van der Waals surface area contributed by atoms with Gasteiger partial charge in [0.25, 0.3) is 0 Å². The van der Waals surface area contributed by atoms with Gasteiger partial charge in [0.15, 0.2) is 5.82 Å². The second-order valence-corrected chi connectivity index (χ2v) is 2.62. The van der Waals surface area contributed by atoms with E-state index in [2.05, 4.69) is 14.7 Å². The molecule has 1 aromatic heterocycles. The molecule has 0 aliphatic rings. The first kappa shape index (κ1) is 10.5. The van der Waals surface area contributed by atoms with E-state index in [1.807, 2.05) is 0 Å². The van der Waals surface area contributed by atoms with E-state index >= 15 is 0 Å². The highest BCUT2D eigenvalue weighted by atomic mass is 35.5. The molecule has 1 aromatic rings. The Bertz CT molecular complexity index is 351. The minimum absolute atomic E-state index is 0.0347. The predicted octanol–water partition coefficient (Wildman–Crippen LogP) is 1.24. The van der Waals surface area contributed by atoms with Gasteiger partial charge in [-0.3, -0.25) is 0 Å². The van der Waals surface area contributed by atoms with Gasteiger partial charge in [-0.25, -0.2) is 14.8 Å². The lowest BCUT2D eigenvalue weighted by atomic mass is 10.4. The van der Waals surface area contributed by atoms with Crippen molar-refractivity contribution >= 4 is 22.8 Å². The van der Waals surface area contributed by atoms with Crippen molar-refractivity contribution < 1.29 is 14.5 Å². The maximum atomic E-state index is 10.2. The fraction of sp³-hybridized carbons (Fsp3) is 0.333. The number of carbonyl (C=O) groups excluding carboxylic acids is 1. The minimum Gasteiger partial charge on any atom is -0.453 e. The van der Waals surface area contributed by atoms with Crippen LogP contribution in [0, 0.1) is 10.1 Å². The van der Waals surface area contributed by atoms with E-state index < -0.39 is 10.4 Å². The van der Waals surface area contributed by atoms with Gasteiger partial charge >= 0.3 is 11.2 Å². The van der Waals surface area contributed by atoms with Gasteiger partial charge in [-0.1, -0.05) is 0 Å². The molecule has 8 heteroatoms. The number of aromatic amines is 1. The Labute approximate surface area is 83.2 Å². The summed E-state index contributed by atoms with van der Waals surface area (Å²) in [6.45, 7) is 0.0347. The first-order valence-electron chi connectivity index (χ1n) is 3.60. The molecule has 0 saturated heterocycles. The van der Waals surface area contributed by atoms with Gasteiger partial charge in [0.05, 0.1) is 6.42 Å². The number of rotatable bonds is 4. The standard InChI is InChI=1S/C6H6ClN3O4/c7-6(11)14-2-1-4-8-3-5(9-4)10(12)13/h3H,1-2H2,(H,8,9). The number of carbonyl (C=O) groups is 1. The van der Waals surface area contributed by atoms with Crippen LogP contribution in [0.2, 0.25) is 0 Å². The molecule has 0 aromatic carbocycles. The van der Waals surface area contributed by atoms with Crippen LogP contribution >= 0.6 is 11.6 Å². The lowest BCUT2D eigenvalue weighted by Crippen LogP contribution is -2.01. The van der Waals surface area contributed by atoms with Crippen molar-refractivity contribution in [1.29, 1.82) is 0 Å². The number of halogens is 1. The van der Waals surface area contributed by atoms with E-state index in [4.69, 9.17) is 11.6 Å². The van der Waals surface area contributed by atoms with Crippen LogP contribution in [0.15, 0.2) is 6.20 Å². The van der Waals surface area contributed by atoms with Crippen molar-refractivity contribution in [2.24, 2.45) is 0 Å². The van der Waals surface area contributed by atoms with Crippen LogP contribution < -0.4 is 0 Å². The summed E-state index contributed by atoms with van der Waals surface area (Å²) < 4.78 is 4.41. The molecule has 0 fully saturated rings. The highest BCUT2D eigenvalue weighted by Crippen LogP contribution is 2.06. The number of H-pyrrole nitrogens is 1. The lowest BCUT2D eigenvalue weighted by molar-refractivity contribution is -0.389. The normalized spacial score (nSPS) is 9.79. The summed E-state index contributed by atoms with van der Waals surface area (Å²) in [4.78, 5) is 25.9. The second kappa shape index (κ2) is 4.56. The third-order valence-corrected chi connectivity index (χ3v) is 1.48. The third kappa shape index (κ3) is 3.02. The predicted molar refractivity (Wildman–Crippen MR) is 46.1 cm³/mol. The number of imidazole rings is 1. The molecule has 1 N–H and O–H groups in total. The molecular weight excluding hydrogens is 214 g/mol. The van der Waals surface area contributed by atoms with E-state index in [0.717, 1.165) is 6.20 Å². The van der Waals surface area contributed by atoms with E-state index in [9.17, 15) is 14.9 Å². The molecule has 1 heterocycles. The van der Waals surface area contributed by atoms with Crippen molar-refractivity contribution in [2.45, 2.75) is 6.42 Å². The Morgan fingerprint density at radius 1 is 1.79 bits per heavy atom.